The van der Waals surface area contributed by atoms with Gasteiger partial charge in [-0.25, -0.2) is 4.79 Å². The van der Waals surface area contributed by atoms with E-state index in [0.29, 0.717) is 5.57 Å². The number of hydrogen-bond donors (Lipinski definition) is 1. The molecule has 0 amide bonds. The van der Waals surface area contributed by atoms with Crippen LogP contribution in [0.5, 0.6) is 0 Å². The summed E-state index contributed by atoms with van der Waals surface area (Å²) in [5, 5.41) is 8.41. The Hall–Kier alpha value is -0.791. The predicted octanol–water partition coefficient (Wildman–Crippen LogP) is 1.12. The van der Waals surface area contributed by atoms with Gasteiger partial charge in [-0.3, -0.25) is 0 Å². The summed E-state index contributed by atoms with van der Waals surface area (Å²) in [6.45, 7) is 3.52. The van der Waals surface area contributed by atoms with Crippen molar-refractivity contribution < 1.29 is 27.0 Å². The molecule has 0 aromatic carbocycles. The van der Waals surface area contributed by atoms with Gasteiger partial charge in [-0.15, -0.1) is 0 Å². The molecule has 10 heavy (non-hydrogen) atoms. The molecule has 0 bridgehead atoms. The fourth-order valence-corrected chi connectivity index (χ4v) is 0.666. The topological polar surface area (TPSA) is 37.3 Å². The average Bonchev–Trinajstić information content (AvgIpc) is 2.13. The van der Waals surface area contributed by atoms with E-state index in [4.69, 9.17) is 5.11 Å². The fraction of sp³-hybridized carbons (Fsp3) is 0. The molecule has 0 spiro atoms. The molecule has 0 saturated heterocycles. The third-order valence-electron chi connectivity index (χ3n) is 1.14. The molecule has 1 aliphatic rings. The van der Waals surface area contributed by atoms with Gasteiger partial charge in [-0.05, 0) is 11.6 Å². The van der Waals surface area contributed by atoms with Crippen LogP contribution >= 0.6 is 0 Å². The summed E-state index contributed by atoms with van der Waals surface area (Å²) in [5.41, 5.74) is 0.859. The van der Waals surface area contributed by atoms with Crippen molar-refractivity contribution in [2.24, 2.45) is 0 Å². The van der Waals surface area contributed by atoms with Crippen molar-refractivity contribution in [1.82, 2.24) is 0 Å². The van der Waals surface area contributed by atoms with Gasteiger partial charge in [-0.2, -0.15) is 0 Å². The van der Waals surface area contributed by atoms with Crippen LogP contribution < -0.4 is 0 Å². The third kappa shape index (κ3) is 1.59. The van der Waals surface area contributed by atoms with Crippen LogP contribution in [0.15, 0.2) is 36.0 Å². The minimum atomic E-state index is -0.912. The van der Waals surface area contributed by atoms with Crippen LogP contribution in [0.25, 0.3) is 0 Å². The summed E-state index contributed by atoms with van der Waals surface area (Å²) in [5.74, 6) is -0.912. The van der Waals surface area contributed by atoms with Crippen LogP contribution in [-0.2, 0) is 21.9 Å². The van der Waals surface area contributed by atoms with E-state index in [9.17, 15) is 4.79 Å². The summed E-state index contributed by atoms with van der Waals surface area (Å²) in [6.07, 6.45) is 4.87. The van der Waals surface area contributed by atoms with Gasteiger partial charge in [0.1, 0.15) is 0 Å². The van der Waals surface area contributed by atoms with Gasteiger partial charge in [0.15, 0.2) is 0 Å². The number of allylic oxidation sites excluding steroid dienone is 3. The van der Waals surface area contributed by atoms with Crippen LogP contribution in [0, 0.1) is 0 Å². The van der Waals surface area contributed by atoms with E-state index in [1.165, 1.54) is 6.08 Å². The Labute approximate surface area is 69.4 Å². The van der Waals surface area contributed by atoms with E-state index in [0.717, 1.165) is 0 Å². The third-order valence-corrected chi connectivity index (χ3v) is 1.14. The van der Waals surface area contributed by atoms with Crippen molar-refractivity contribution in [2.45, 2.75) is 0 Å². The first-order valence-electron chi connectivity index (χ1n) is 2.53. The van der Waals surface area contributed by atoms with Crippen molar-refractivity contribution >= 4 is 5.97 Å². The molecule has 3 heteroatoms. The molecule has 0 aromatic rings. The van der Waals surface area contributed by atoms with Gasteiger partial charge in [0.2, 0.25) is 0 Å². The number of rotatable bonds is 1. The van der Waals surface area contributed by atoms with Gasteiger partial charge < -0.3 is 5.11 Å². The molecule has 57 valence electrons. The first-order chi connectivity index (χ1) is 4.22. The molecule has 1 radical (unpaired) electrons. The van der Waals surface area contributed by atoms with Crippen LogP contribution in [0.3, 0.4) is 0 Å². The van der Waals surface area contributed by atoms with E-state index in [1.54, 1.807) is 12.2 Å². The predicted molar refractivity (Wildman–Crippen MR) is 34.0 cm³/mol. The molecular formula is C7H6CuO2. The zero-order chi connectivity index (χ0) is 6.85. The minimum Gasteiger partial charge on any atom is -0.478 e. The van der Waals surface area contributed by atoms with Crippen molar-refractivity contribution in [3.05, 3.63) is 36.0 Å². The Morgan fingerprint density at radius 1 is 1.60 bits per heavy atom. The van der Waals surface area contributed by atoms with Gasteiger partial charge in [0.05, 0.1) is 5.57 Å². The second-order valence-electron chi connectivity index (χ2n) is 1.77. The molecule has 0 saturated carbocycles. The van der Waals surface area contributed by atoms with Crippen molar-refractivity contribution in [3.63, 3.8) is 0 Å². The number of aliphatic carboxylic acids is 1. The summed E-state index contributed by atoms with van der Waals surface area (Å²) in [7, 11) is 0. The zero-order valence-electron chi connectivity index (χ0n) is 5.10. The molecule has 0 unspecified atom stereocenters. The molecule has 0 aliphatic heterocycles. The maximum absolute atomic E-state index is 10.2. The maximum atomic E-state index is 10.2. The van der Waals surface area contributed by atoms with Crippen molar-refractivity contribution in [1.29, 1.82) is 0 Å². The standard InChI is InChI=1S/C7H6O2.Cu/c1-5-3-2-4-6(5)7(8)9;/h2-4H,1H2,(H,8,9);. The molecular weight excluding hydrogens is 180 g/mol. The first kappa shape index (κ1) is 9.21. The largest absolute Gasteiger partial charge is 0.478 e. The first-order valence-corrected chi connectivity index (χ1v) is 2.53. The molecule has 1 aliphatic carbocycles. The summed E-state index contributed by atoms with van der Waals surface area (Å²) in [4.78, 5) is 10.2. The summed E-state index contributed by atoms with van der Waals surface area (Å²) in [6, 6.07) is 0. The Morgan fingerprint density at radius 3 is 2.40 bits per heavy atom. The maximum Gasteiger partial charge on any atom is 0.336 e. The Kier molecular flexibility index (Phi) is 3.13. The van der Waals surface area contributed by atoms with Gasteiger partial charge >= 0.3 is 5.97 Å². The normalized spacial score (nSPS) is 14.4. The Bertz CT molecular complexity index is 226. The van der Waals surface area contributed by atoms with Crippen LogP contribution in [-0.4, -0.2) is 11.1 Å². The van der Waals surface area contributed by atoms with E-state index >= 15 is 0 Å². The average molecular weight is 186 g/mol. The molecule has 0 heterocycles. The quantitative estimate of drug-likeness (QED) is 0.622. The molecule has 2 nitrogen and oxygen atoms in total. The second kappa shape index (κ2) is 3.40. The molecule has 1 rings (SSSR count). The summed E-state index contributed by atoms with van der Waals surface area (Å²) < 4.78 is 0. The fourth-order valence-electron chi connectivity index (χ4n) is 0.666. The van der Waals surface area contributed by atoms with Crippen LogP contribution in [0.4, 0.5) is 0 Å². The van der Waals surface area contributed by atoms with E-state index in [2.05, 4.69) is 6.58 Å². The van der Waals surface area contributed by atoms with Crippen molar-refractivity contribution in [2.75, 3.05) is 0 Å². The van der Waals surface area contributed by atoms with E-state index < -0.39 is 5.97 Å². The van der Waals surface area contributed by atoms with E-state index in [-0.39, 0.29) is 22.6 Å². The number of carboxylic acid groups (broad SMARTS) is 1. The van der Waals surface area contributed by atoms with Gasteiger partial charge in [0, 0.05) is 17.1 Å². The molecule has 0 aromatic heterocycles. The van der Waals surface area contributed by atoms with Gasteiger partial charge in [-0.1, -0.05) is 18.7 Å². The summed E-state index contributed by atoms with van der Waals surface area (Å²) >= 11 is 0. The monoisotopic (exact) mass is 185 g/mol. The smallest absolute Gasteiger partial charge is 0.336 e. The Balaban J connectivity index is 0.000000810. The Morgan fingerprint density at radius 2 is 2.20 bits per heavy atom. The second-order valence-corrected chi connectivity index (χ2v) is 1.77. The molecule has 1 N–H and O–H groups in total. The molecule has 0 atom stereocenters. The van der Waals surface area contributed by atoms with Crippen LogP contribution in [0.1, 0.15) is 0 Å². The zero-order valence-corrected chi connectivity index (χ0v) is 6.04. The number of carbonyl (C=O) groups is 1. The molecule has 0 fully saturated rings. The van der Waals surface area contributed by atoms with E-state index in [1.807, 2.05) is 0 Å². The van der Waals surface area contributed by atoms with Crippen molar-refractivity contribution in [3.8, 4) is 0 Å². The number of hydrogen-bond acceptors (Lipinski definition) is 1. The van der Waals surface area contributed by atoms with Gasteiger partial charge in [0.25, 0.3) is 0 Å². The number of carboxylic acids is 1. The minimum absolute atomic E-state index is 0. The SMILES string of the molecule is C=C1C=CC=C1C(=O)O.[Cu]. The van der Waals surface area contributed by atoms with Crippen LogP contribution in [0.2, 0.25) is 0 Å².